The lowest BCUT2D eigenvalue weighted by molar-refractivity contribution is -0.131. The van der Waals surface area contributed by atoms with Gasteiger partial charge in [0.25, 0.3) is 0 Å². The molecule has 1 heterocycles. The number of allylic oxidation sites excluding steroid dienone is 5. The molecule has 1 rings (SSSR count). The van der Waals surface area contributed by atoms with E-state index in [1.165, 1.54) is 11.5 Å². The first kappa shape index (κ1) is 24.8. The summed E-state index contributed by atoms with van der Waals surface area (Å²) in [6.45, 7) is 3.90. The number of aromatic nitrogens is 1. The maximum atomic E-state index is 11.9. The van der Waals surface area contributed by atoms with Crippen LogP contribution in [0.2, 0.25) is 0 Å². The highest BCUT2D eigenvalue weighted by Gasteiger charge is 2.11. The molecule has 0 amide bonds. The van der Waals surface area contributed by atoms with Crippen molar-refractivity contribution in [2.45, 2.75) is 64.9 Å². The smallest absolute Gasteiger partial charge is 0.328 e. The molecule has 7 heteroatoms. The molecule has 0 spiro atoms. The minimum atomic E-state index is -0.909. The molecule has 3 N–H and O–H groups in total. The van der Waals surface area contributed by atoms with Crippen LogP contribution in [0.5, 0.6) is 0 Å². The predicted octanol–water partition coefficient (Wildman–Crippen LogP) is 4.49. The van der Waals surface area contributed by atoms with Gasteiger partial charge in [0.05, 0.1) is 11.8 Å². The van der Waals surface area contributed by atoms with Crippen LogP contribution >= 0.6 is 11.3 Å². The number of thiazole rings is 1. The van der Waals surface area contributed by atoms with Crippen molar-refractivity contribution in [1.29, 1.82) is 0 Å². The zero-order chi connectivity index (χ0) is 21.6. The Hall–Kier alpha value is -2.25. The first-order chi connectivity index (χ1) is 13.8. The van der Waals surface area contributed by atoms with Crippen molar-refractivity contribution in [2.24, 2.45) is 5.92 Å². The first-order valence-corrected chi connectivity index (χ1v) is 10.8. The van der Waals surface area contributed by atoms with Crippen molar-refractivity contribution >= 4 is 23.1 Å². The van der Waals surface area contributed by atoms with E-state index >= 15 is 0 Å². The average molecular weight is 422 g/mol. The van der Waals surface area contributed by atoms with Crippen LogP contribution in [0.25, 0.3) is 0 Å². The van der Waals surface area contributed by atoms with Gasteiger partial charge in [-0.25, -0.2) is 4.79 Å². The van der Waals surface area contributed by atoms with Gasteiger partial charge in [-0.3, -0.25) is 9.59 Å². The van der Waals surface area contributed by atoms with Crippen LogP contribution in [0.1, 0.15) is 69.3 Å². The van der Waals surface area contributed by atoms with Gasteiger partial charge >= 0.3 is 10.8 Å². The molecule has 29 heavy (non-hydrogen) atoms. The SMILES string of the molecule is CC(=CC(=O)O)CCC=CC=C[C@@H](C)CC[C@@H](O)CCCC(=O)c1csc(=O)[nH]1. The number of nitrogens with one attached hydrogen (secondary N) is 1. The molecule has 0 aliphatic heterocycles. The highest BCUT2D eigenvalue weighted by molar-refractivity contribution is 7.07. The van der Waals surface area contributed by atoms with E-state index in [2.05, 4.69) is 18.0 Å². The molecule has 0 bridgehead atoms. The summed E-state index contributed by atoms with van der Waals surface area (Å²) in [7, 11) is 0. The summed E-state index contributed by atoms with van der Waals surface area (Å²) >= 11 is 0.981. The number of ketones is 1. The van der Waals surface area contributed by atoms with Crippen LogP contribution in [0.15, 0.2) is 46.1 Å². The molecule has 0 aliphatic rings. The van der Waals surface area contributed by atoms with Crippen molar-refractivity contribution in [3.63, 3.8) is 0 Å². The van der Waals surface area contributed by atoms with Gasteiger partial charge in [0.1, 0.15) is 0 Å². The number of aliphatic carboxylic acids is 1. The maximum Gasteiger partial charge on any atom is 0.328 e. The highest BCUT2D eigenvalue weighted by atomic mass is 32.1. The van der Waals surface area contributed by atoms with Gasteiger partial charge in [-0.1, -0.05) is 48.1 Å². The number of carboxylic acids is 1. The van der Waals surface area contributed by atoms with Gasteiger partial charge in [0.15, 0.2) is 5.78 Å². The van der Waals surface area contributed by atoms with Crippen molar-refractivity contribution < 1.29 is 19.8 Å². The van der Waals surface area contributed by atoms with Crippen LogP contribution < -0.4 is 4.87 Å². The van der Waals surface area contributed by atoms with Crippen LogP contribution in [0.3, 0.4) is 0 Å². The monoisotopic (exact) mass is 421 g/mol. The largest absolute Gasteiger partial charge is 0.478 e. The predicted molar refractivity (Wildman–Crippen MR) is 116 cm³/mol. The third kappa shape index (κ3) is 12.0. The molecule has 0 aromatic carbocycles. The molecule has 0 fully saturated rings. The van der Waals surface area contributed by atoms with Gasteiger partial charge in [0.2, 0.25) is 0 Å². The quantitative estimate of drug-likeness (QED) is 0.233. The molecule has 6 nitrogen and oxygen atoms in total. The third-order valence-corrected chi connectivity index (χ3v) is 5.15. The fourth-order valence-electron chi connectivity index (χ4n) is 2.77. The number of aromatic amines is 1. The number of Topliss-reactive ketones (excluding diaryl/α,β-unsaturated/α-hetero) is 1. The summed E-state index contributed by atoms with van der Waals surface area (Å²) in [6, 6.07) is 0. The van der Waals surface area contributed by atoms with Crippen molar-refractivity contribution in [3.05, 3.63) is 56.7 Å². The zero-order valence-electron chi connectivity index (χ0n) is 17.1. The summed E-state index contributed by atoms with van der Waals surface area (Å²) < 4.78 is 0. The average Bonchev–Trinajstić information content (AvgIpc) is 3.08. The normalized spacial score (nSPS) is 14.5. The second-order valence-corrected chi connectivity index (χ2v) is 8.11. The van der Waals surface area contributed by atoms with E-state index in [0.29, 0.717) is 37.3 Å². The van der Waals surface area contributed by atoms with Crippen LogP contribution in [0, 0.1) is 5.92 Å². The summed E-state index contributed by atoms with van der Waals surface area (Å²) in [6.07, 6.45) is 13.4. The molecule has 0 unspecified atom stereocenters. The number of hydrogen-bond acceptors (Lipinski definition) is 5. The molecular formula is C22H31NO5S. The Bertz CT molecular complexity index is 787. The van der Waals surface area contributed by atoms with E-state index in [-0.39, 0.29) is 10.7 Å². The molecule has 1 aromatic rings. The molecular weight excluding hydrogens is 390 g/mol. The van der Waals surface area contributed by atoms with E-state index in [0.717, 1.165) is 36.2 Å². The summed E-state index contributed by atoms with van der Waals surface area (Å²) in [5.41, 5.74) is 1.20. The fraction of sp³-hybridized carbons (Fsp3) is 0.500. The topological polar surface area (TPSA) is 107 Å². The van der Waals surface area contributed by atoms with Gasteiger partial charge in [-0.15, -0.1) is 0 Å². The van der Waals surface area contributed by atoms with E-state index in [1.807, 2.05) is 25.2 Å². The molecule has 0 radical (unpaired) electrons. The molecule has 1 aromatic heterocycles. The number of hydrogen-bond donors (Lipinski definition) is 3. The van der Waals surface area contributed by atoms with E-state index in [9.17, 15) is 19.5 Å². The van der Waals surface area contributed by atoms with Crippen molar-refractivity contribution in [1.82, 2.24) is 4.98 Å². The third-order valence-electron chi connectivity index (χ3n) is 4.48. The Morgan fingerprint density at radius 3 is 2.62 bits per heavy atom. The van der Waals surface area contributed by atoms with Crippen molar-refractivity contribution in [2.75, 3.05) is 0 Å². The van der Waals surface area contributed by atoms with Crippen LogP contribution in [0.4, 0.5) is 0 Å². The number of H-pyrrole nitrogens is 1. The molecule has 0 saturated heterocycles. The Labute approximate surface area is 175 Å². The summed E-state index contributed by atoms with van der Waals surface area (Å²) in [5, 5.41) is 20.3. The second-order valence-electron chi connectivity index (χ2n) is 7.27. The number of aliphatic hydroxyl groups excluding tert-OH is 1. The Kier molecular flexibility index (Phi) is 11.8. The number of carbonyl (C=O) groups is 2. The lowest BCUT2D eigenvalue weighted by Gasteiger charge is -2.12. The minimum absolute atomic E-state index is 0.0905. The Balaban J connectivity index is 2.16. The van der Waals surface area contributed by atoms with Gasteiger partial charge in [-0.05, 0) is 51.4 Å². The van der Waals surface area contributed by atoms with Gasteiger partial charge in [-0.2, -0.15) is 0 Å². The number of carboxylic acid groups (broad SMARTS) is 1. The zero-order valence-corrected chi connectivity index (χ0v) is 17.9. The Morgan fingerprint density at radius 1 is 1.21 bits per heavy atom. The van der Waals surface area contributed by atoms with Gasteiger partial charge < -0.3 is 15.2 Å². The van der Waals surface area contributed by atoms with E-state index < -0.39 is 12.1 Å². The summed E-state index contributed by atoms with van der Waals surface area (Å²) in [5.74, 6) is -0.666. The standard InChI is InChI=1S/C22H31NO5S/c1-16(8-5-3-4-6-9-17(2)14-21(26)27)12-13-18(24)10-7-11-20(25)19-15-29-22(28)23-19/h3-5,8,14-16,18,24H,6-7,9-13H2,1-2H3,(H,23,28)(H,26,27)/t16-,18+/m1/s1. The lowest BCUT2D eigenvalue weighted by Crippen LogP contribution is -2.10. The highest BCUT2D eigenvalue weighted by Crippen LogP contribution is 2.14. The number of carbonyl (C=O) groups excluding carboxylic acids is 1. The minimum Gasteiger partial charge on any atom is -0.478 e. The van der Waals surface area contributed by atoms with Crippen LogP contribution in [-0.2, 0) is 4.79 Å². The maximum absolute atomic E-state index is 11.9. The molecule has 0 saturated carbocycles. The number of rotatable bonds is 14. The summed E-state index contributed by atoms with van der Waals surface area (Å²) in [4.78, 5) is 35.8. The van der Waals surface area contributed by atoms with E-state index in [4.69, 9.17) is 5.11 Å². The van der Waals surface area contributed by atoms with Crippen LogP contribution in [-0.4, -0.2) is 33.1 Å². The molecule has 160 valence electrons. The lowest BCUT2D eigenvalue weighted by atomic mass is 9.99. The molecule has 2 atom stereocenters. The molecule has 0 aliphatic carbocycles. The number of aliphatic hydroxyl groups is 1. The second kappa shape index (κ2) is 13.8. The van der Waals surface area contributed by atoms with Crippen molar-refractivity contribution in [3.8, 4) is 0 Å². The Morgan fingerprint density at radius 2 is 1.97 bits per heavy atom. The first-order valence-electron chi connectivity index (χ1n) is 9.90. The van der Waals surface area contributed by atoms with Gasteiger partial charge in [0, 0.05) is 17.9 Å². The van der Waals surface area contributed by atoms with E-state index in [1.54, 1.807) is 0 Å². The fourth-order valence-corrected chi connectivity index (χ4v) is 3.35.